The van der Waals surface area contributed by atoms with Gasteiger partial charge in [-0.2, -0.15) is 0 Å². The molecule has 0 N–H and O–H groups in total. The molecule has 0 saturated heterocycles. The van der Waals surface area contributed by atoms with Crippen LogP contribution >= 0.6 is 0 Å². The topological polar surface area (TPSA) is 39.4 Å². The quantitative estimate of drug-likeness (QED) is 0.437. The normalized spacial score (nSPS) is 13.9. The molecule has 0 fully saturated rings. The first-order chi connectivity index (χ1) is 12.0. The lowest BCUT2D eigenvalue weighted by atomic mass is 9.93. The van der Waals surface area contributed by atoms with E-state index < -0.39 is 18.0 Å². The third-order valence-corrected chi connectivity index (χ3v) is 4.01. The van der Waals surface area contributed by atoms with Gasteiger partial charge in [-0.05, 0) is 30.5 Å². The van der Waals surface area contributed by atoms with E-state index in [0.29, 0.717) is 12.2 Å². The second-order valence-corrected chi connectivity index (χ2v) is 6.25. The number of ether oxygens (including phenoxy) is 1. The first-order valence-electron chi connectivity index (χ1n) is 8.23. The number of furan rings is 1. The number of carbonyl (C=O) groups excluding carboxylic acids is 1. The second-order valence-electron chi connectivity index (χ2n) is 6.25. The number of allylic oxidation sites excluding steroid dienone is 1. The van der Waals surface area contributed by atoms with Crippen molar-refractivity contribution in [2.45, 2.75) is 39.2 Å². The minimum absolute atomic E-state index is 0.00137. The van der Waals surface area contributed by atoms with Gasteiger partial charge in [0.2, 0.25) is 0 Å². The van der Waals surface area contributed by atoms with Gasteiger partial charge in [-0.25, -0.2) is 0 Å². The average Bonchev–Trinajstić information content (AvgIpc) is 3.00. The summed E-state index contributed by atoms with van der Waals surface area (Å²) < 4.78 is 11.4. The van der Waals surface area contributed by atoms with Crippen molar-refractivity contribution in [1.29, 1.82) is 0 Å². The molecule has 2 unspecified atom stereocenters. The molecule has 0 radical (unpaired) electrons. The molecule has 0 amide bonds. The van der Waals surface area contributed by atoms with E-state index in [4.69, 9.17) is 22.0 Å². The highest BCUT2D eigenvalue weighted by molar-refractivity contribution is 5.83. The summed E-state index contributed by atoms with van der Waals surface area (Å²) in [5.41, 5.74) is 1.50. The van der Waals surface area contributed by atoms with E-state index in [2.05, 4.69) is 11.8 Å². The van der Waals surface area contributed by atoms with Gasteiger partial charge in [0.15, 0.2) is 6.10 Å². The van der Waals surface area contributed by atoms with E-state index in [9.17, 15) is 4.79 Å². The van der Waals surface area contributed by atoms with Gasteiger partial charge in [-0.3, -0.25) is 4.79 Å². The van der Waals surface area contributed by atoms with Crippen LogP contribution in [0.4, 0.5) is 0 Å². The van der Waals surface area contributed by atoms with Gasteiger partial charge >= 0.3 is 5.97 Å². The van der Waals surface area contributed by atoms with E-state index in [0.717, 1.165) is 16.5 Å². The predicted octanol–water partition coefficient (Wildman–Crippen LogP) is 4.69. The van der Waals surface area contributed by atoms with Crippen LogP contribution in [0.5, 0.6) is 0 Å². The molecule has 0 aliphatic carbocycles. The maximum absolute atomic E-state index is 12.8. The van der Waals surface area contributed by atoms with Crippen LogP contribution in [0.25, 0.3) is 11.0 Å². The molecule has 1 aromatic heterocycles. The SMILES string of the molecule is C#CCC=C(C)C(C#C)OC(=O)C(c1cc2ccccc2o1)C(C)C. The smallest absolute Gasteiger partial charge is 0.318 e. The molecule has 128 valence electrons. The van der Waals surface area contributed by atoms with Gasteiger partial charge in [-0.15, -0.1) is 18.8 Å². The van der Waals surface area contributed by atoms with Gasteiger partial charge in [0.05, 0.1) is 0 Å². The summed E-state index contributed by atoms with van der Waals surface area (Å²) in [6.45, 7) is 5.71. The summed E-state index contributed by atoms with van der Waals surface area (Å²) >= 11 is 0. The Hall–Kier alpha value is -2.91. The van der Waals surface area contributed by atoms with Crippen molar-refractivity contribution in [2.24, 2.45) is 5.92 Å². The average molecular weight is 334 g/mol. The van der Waals surface area contributed by atoms with Crippen LogP contribution in [0.1, 0.15) is 38.9 Å². The van der Waals surface area contributed by atoms with Crippen LogP contribution in [0.3, 0.4) is 0 Å². The fraction of sp³-hybridized carbons (Fsp3) is 0.318. The Morgan fingerprint density at radius 1 is 1.32 bits per heavy atom. The number of hydrogen-bond donors (Lipinski definition) is 0. The zero-order chi connectivity index (χ0) is 18.4. The lowest BCUT2D eigenvalue weighted by Crippen LogP contribution is -2.26. The monoisotopic (exact) mass is 334 g/mol. The molecule has 0 bridgehead atoms. The number of benzene rings is 1. The third kappa shape index (κ3) is 4.34. The number of carbonyl (C=O) groups is 1. The maximum atomic E-state index is 12.8. The Kier molecular flexibility index (Phi) is 6.09. The highest BCUT2D eigenvalue weighted by Gasteiger charge is 2.31. The highest BCUT2D eigenvalue weighted by Crippen LogP contribution is 2.31. The van der Waals surface area contributed by atoms with Gasteiger partial charge in [0, 0.05) is 11.8 Å². The molecule has 0 aliphatic rings. The van der Waals surface area contributed by atoms with E-state index in [-0.39, 0.29) is 5.92 Å². The summed E-state index contributed by atoms with van der Waals surface area (Å²) in [4.78, 5) is 12.8. The van der Waals surface area contributed by atoms with Crippen molar-refractivity contribution in [1.82, 2.24) is 0 Å². The molecular formula is C22H22O3. The summed E-state index contributed by atoms with van der Waals surface area (Å²) in [6, 6.07) is 9.53. The second kappa shape index (κ2) is 8.27. The van der Waals surface area contributed by atoms with Crippen LogP contribution in [0.2, 0.25) is 0 Å². The minimum Gasteiger partial charge on any atom is -0.460 e. The fourth-order valence-corrected chi connectivity index (χ4v) is 2.65. The van der Waals surface area contributed by atoms with Crippen LogP contribution in [0, 0.1) is 30.6 Å². The Labute approximate surface area is 149 Å². The zero-order valence-corrected chi connectivity index (χ0v) is 14.8. The highest BCUT2D eigenvalue weighted by atomic mass is 16.5. The fourth-order valence-electron chi connectivity index (χ4n) is 2.65. The Bertz CT molecular complexity index is 822. The van der Waals surface area contributed by atoms with E-state index >= 15 is 0 Å². The Balaban J connectivity index is 2.26. The molecule has 2 atom stereocenters. The predicted molar refractivity (Wildman–Crippen MR) is 99.7 cm³/mol. The van der Waals surface area contributed by atoms with Crippen LogP contribution < -0.4 is 0 Å². The van der Waals surface area contributed by atoms with Gasteiger partial charge in [-0.1, -0.05) is 44.0 Å². The Morgan fingerprint density at radius 3 is 2.64 bits per heavy atom. The number of fused-ring (bicyclic) bond motifs is 1. The van der Waals surface area contributed by atoms with Crippen LogP contribution in [-0.2, 0) is 9.53 Å². The largest absolute Gasteiger partial charge is 0.460 e. The molecule has 3 heteroatoms. The van der Waals surface area contributed by atoms with E-state index in [1.165, 1.54) is 0 Å². The first kappa shape index (κ1) is 18.4. The lowest BCUT2D eigenvalue weighted by Gasteiger charge is -2.20. The summed E-state index contributed by atoms with van der Waals surface area (Å²) in [5.74, 6) is 4.68. The van der Waals surface area contributed by atoms with E-state index in [1.807, 2.05) is 44.2 Å². The molecule has 25 heavy (non-hydrogen) atoms. The van der Waals surface area contributed by atoms with E-state index in [1.54, 1.807) is 13.0 Å². The van der Waals surface area contributed by atoms with Gasteiger partial charge in [0.1, 0.15) is 17.3 Å². The number of terminal acetylenes is 2. The maximum Gasteiger partial charge on any atom is 0.318 e. The summed E-state index contributed by atoms with van der Waals surface area (Å²) in [7, 11) is 0. The van der Waals surface area contributed by atoms with Crippen molar-refractivity contribution in [2.75, 3.05) is 0 Å². The molecule has 2 aromatic rings. The number of hydrogen-bond acceptors (Lipinski definition) is 3. The first-order valence-corrected chi connectivity index (χ1v) is 8.23. The van der Waals surface area contributed by atoms with Crippen molar-refractivity contribution < 1.29 is 13.9 Å². The molecule has 1 aromatic carbocycles. The van der Waals surface area contributed by atoms with Gasteiger partial charge < -0.3 is 9.15 Å². The standard InChI is InChI=1S/C22H22O3/c1-6-8-11-16(5)18(7-2)25-22(23)21(15(3)4)20-14-17-12-9-10-13-19(17)24-20/h1-2,9-15,18,21H,8H2,3-5H3. The molecular weight excluding hydrogens is 312 g/mol. The zero-order valence-electron chi connectivity index (χ0n) is 14.8. The van der Waals surface area contributed by atoms with Crippen LogP contribution in [0.15, 0.2) is 46.4 Å². The van der Waals surface area contributed by atoms with Crippen molar-refractivity contribution in [3.05, 3.63) is 47.7 Å². The van der Waals surface area contributed by atoms with Crippen molar-refractivity contribution in [3.8, 4) is 24.7 Å². The van der Waals surface area contributed by atoms with Crippen molar-refractivity contribution in [3.63, 3.8) is 0 Å². The minimum atomic E-state index is -0.730. The Morgan fingerprint density at radius 2 is 2.04 bits per heavy atom. The molecule has 0 saturated carbocycles. The van der Waals surface area contributed by atoms with Gasteiger partial charge in [0.25, 0.3) is 0 Å². The molecule has 0 spiro atoms. The number of para-hydroxylation sites is 1. The third-order valence-electron chi connectivity index (χ3n) is 4.01. The number of esters is 1. The molecule has 0 aliphatic heterocycles. The van der Waals surface area contributed by atoms with Crippen molar-refractivity contribution >= 4 is 16.9 Å². The molecule has 3 nitrogen and oxygen atoms in total. The van der Waals surface area contributed by atoms with Crippen LogP contribution in [-0.4, -0.2) is 12.1 Å². The molecule has 1 heterocycles. The summed E-state index contributed by atoms with van der Waals surface area (Å²) in [6.07, 6.45) is 12.3. The lowest BCUT2D eigenvalue weighted by molar-refractivity contribution is -0.148. The number of rotatable bonds is 6. The summed E-state index contributed by atoms with van der Waals surface area (Å²) in [5, 5.41) is 0.953. The molecule has 2 rings (SSSR count).